The first-order valence-electron chi connectivity index (χ1n) is 6.79. The Bertz CT molecular complexity index is 333. The van der Waals surface area contributed by atoms with Gasteiger partial charge >= 0.3 is 0 Å². The molecule has 1 heterocycles. The molecule has 0 bridgehead atoms. The molecule has 1 aliphatic heterocycles. The topological polar surface area (TPSA) is 13.7 Å². The lowest BCUT2D eigenvalue weighted by molar-refractivity contribution is -0.921. The number of hydrogen-bond donors (Lipinski definition) is 1. The second-order valence-corrected chi connectivity index (χ2v) is 5.09. The molecule has 1 fully saturated rings. The maximum absolute atomic E-state index is 5.38. The number of morpholine rings is 1. The Kier molecular flexibility index (Phi) is 6.69. The van der Waals surface area contributed by atoms with E-state index in [1.807, 2.05) is 0 Å². The van der Waals surface area contributed by atoms with Crippen LogP contribution in [0.4, 0.5) is 0 Å². The lowest BCUT2D eigenvalue weighted by Gasteiger charge is -2.23. The normalized spacial score (nSPS) is 18.1. The minimum Gasteiger partial charge on any atom is -1.00 e. The summed E-state index contributed by atoms with van der Waals surface area (Å²) in [4.78, 5) is 1.65. The van der Waals surface area contributed by atoms with Gasteiger partial charge in [0.25, 0.3) is 0 Å². The molecular weight excluding hydrogens is 246 g/mol. The average molecular weight is 270 g/mol. The smallest absolute Gasteiger partial charge is 0.103 e. The van der Waals surface area contributed by atoms with Crippen molar-refractivity contribution in [3.63, 3.8) is 0 Å². The Morgan fingerprint density at radius 1 is 1.17 bits per heavy atom. The van der Waals surface area contributed by atoms with Gasteiger partial charge in [0.2, 0.25) is 0 Å². The molecule has 0 aromatic heterocycles. The molecule has 3 heteroatoms. The number of rotatable bonds is 4. The maximum Gasteiger partial charge on any atom is 0.103 e. The number of quaternary nitrogens is 1. The van der Waals surface area contributed by atoms with Crippen molar-refractivity contribution in [2.75, 3.05) is 26.3 Å². The van der Waals surface area contributed by atoms with Crippen molar-refractivity contribution >= 4 is 0 Å². The van der Waals surface area contributed by atoms with Gasteiger partial charge in [-0.15, -0.1) is 0 Å². The van der Waals surface area contributed by atoms with E-state index in [0.29, 0.717) is 5.92 Å². The van der Waals surface area contributed by atoms with Gasteiger partial charge < -0.3 is 22.0 Å². The van der Waals surface area contributed by atoms with E-state index in [2.05, 4.69) is 38.1 Å². The fourth-order valence-electron chi connectivity index (χ4n) is 2.33. The molecule has 2 nitrogen and oxygen atoms in total. The molecule has 1 aromatic rings. The Morgan fingerprint density at radius 3 is 2.33 bits per heavy atom. The second kappa shape index (κ2) is 7.78. The molecule has 1 saturated heterocycles. The van der Waals surface area contributed by atoms with Gasteiger partial charge in [0, 0.05) is 5.56 Å². The molecule has 102 valence electrons. The van der Waals surface area contributed by atoms with Gasteiger partial charge in [-0.1, -0.05) is 38.1 Å². The first kappa shape index (κ1) is 15.5. The fourth-order valence-corrected chi connectivity index (χ4v) is 2.33. The van der Waals surface area contributed by atoms with E-state index in [-0.39, 0.29) is 12.4 Å². The molecule has 1 aliphatic rings. The summed E-state index contributed by atoms with van der Waals surface area (Å²) in [6.07, 6.45) is 1.22. The van der Waals surface area contributed by atoms with Crippen molar-refractivity contribution in [3.8, 4) is 0 Å². The van der Waals surface area contributed by atoms with Crippen molar-refractivity contribution in [2.45, 2.75) is 32.7 Å². The molecule has 1 unspecified atom stereocenters. The van der Waals surface area contributed by atoms with Crippen LogP contribution in [0.1, 0.15) is 37.3 Å². The Hall–Kier alpha value is -0.570. The Labute approximate surface area is 117 Å². The molecule has 0 radical (unpaired) electrons. The van der Waals surface area contributed by atoms with Gasteiger partial charge in [0.05, 0.1) is 13.2 Å². The Morgan fingerprint density at radius 2 is 1.78 bits per heavy atom. The van der Waals surface area contributed by atoms with E-state index >= 15 is 0 Å². The zero-order valence-electron chi connectivity index (χ0n) is 11.4. The largest absolute Gasteiger partial charge is 1.00 e. The third-order valence-corrected chi connectivity index (χ3v) is 3.82. The summed E-state index contributed by atoms with van der Waals surface area (Å²) in [6, 6.07) is 9.18. The van der Waals surface area contributed by atoms with Crippen molar-refractivity contribution in [1.82, 2.24) is 0 Å². The molecule has 0 spiro atoms. The van der Waals surface area contributed by atoms with Crippen LogP contribution >= 0.6 is 0 Å². The van der Waals surface area contributed by atoms with Crippen LogP contribution in [-0.2, 0) is 11.3 Å². The van der Waals surface area contributed by atoms with Crippen LogP contribution in [0.2, 0.25) is 0 Å². The number of hydrogen-bond acceptors (Lipinski definition) is 1. The van der Waals surface area contributed by atoms with E-state index in [1.54, 1.807) is 4.90 Å². The van der Waals surface area contributed by atoms with Gasteiger partial charge in [-0.05, 0) is 17.9 Å². The summed E-state index contributed by atoms with van der Waals surface area (Å²) < 4.78 is 5.38. The van der Waals surface area contributed by atoms with E-state index in [1.165, 1.54) is 17.5 Å². The van der Waals surface area contributed by atoms with E-state index in [4.69, 9.17) is 4.74 Å². The number of nitrogens with one attached hydrogen (secondary N) is 1. The molecule has 1 aromatic carbocycles. The van der Waals surface area contributed by atoms with Crippen molar-refractivity contribution in [1.29, 1.82) is 0 Å². The molecule has 2 rings (SSSR count). The van der Waals surface area contributed by atoms with Crippen LogP contribution in [0, 0.1) is 0 Å². The lowest BCUT2D eigenvalue weighted by atomic mass is 9.97. The molecule has 18 heavy (non-hydrogen) atoms. The van der Waals surface area contributed by atoms with Crippen LogP contribution in [-0.4, -0.2) is 26.3 Å². The van der Waals surface area contributed by atoms with E-state index in [0.717, 1.165) is 32.8 Å². The molecular formula is C15H24ClNO. The van der Waals surface area contributed by atoms with Crippen molar-refractivity contribution < 1.29 is 22.0 Å². The van der Waals surface area contributed by atoms with E-state index in [9.17, 15) is 0 Å². The minimum atomic E-state index is 0. The average Bonchev–Trinajstić information content (AvgIpc) is 2.40. The highest BCUT2D eigenvalue weighted by Crippen LogP contribution is 2.18. The third-order valence-electron chi connectivity index (χ3n) is 3.82. The monoisotopic (exact) mass is 269 g/mol. The first-order valence-corrected chi connectivity index (χ1v) is 6.79. The molecule has 0 amide bonds. The van der Waals surface area contributed by atoms with Crippen LogP contribution in [0.3, 0.4) is 0 Å². The number of ether oxygens (including phenoxy) is 1. The third kappa shape index (κ3) is 4.27. The highest BCUT2D eigenvalue weighted by atomic mass is 35.5. The summed E-state index contributed by atoms with van der Waals surface area (Å²) in [5.41, 5.74) is 2.92. The predicted molar refractivity (Wildman–Crippen MR) is 70.4 cm³/mol. The lowest BCUT2D eigenvalue weighted by Crippen LogP contribution is -3.12. The first-order chi connectivity index (χ1) is 8.29. The molecule has 1 N–H and O–H groups in total. The summed E-state index contributed by atoms with van der Waals surface area (Å²) in [5.74, 6) is 0.680. The molecule has 0 saturated carbocycles. The van der Waals surface area contributed by atoms with Gasteiger partial charge in [0.1, 0.15) is 19.6 Å². The van der Waals surface area contributed by atoms with Gasteiger partial charge in [-0.2, -0.15) is 0 Å². The van der Waals surface area contributed by atoms with Crippen molar-refractivity contribution in [3.05, 3.63) is 35.4 Å². The van der Waals surface area contributed by atoms with Gasteiger partial charge in [-0.25, -0.2) is 0 Å². The van der Waals surface area contributed by atoms with Crippen LogP contribution in [0.25, 0.3) is 0 Å². The summed E-state index contributed by atoms with van der Waals surface area (Å²) in [7, 11) is 0. The zero-order valence-corrected chi connectivity index (χ0v) is 12.2. The predicted octanol–water partition coefficient (Wildman–Crippen LogP) is -1.38. The fraction of sp³-hybridized carbons (Fsp3) is 0.600. The van der Waals surface area contributed by atoms with E-state index < -0.39 is 0 Å². The van der Waals surface area contributed by atoms with Crippen LogP contribution < -0.4 is 17.3 Å². The SMILES string of the molecule is CCC(C)c1ccc(C[NH+]2CCOCC2)cc1.[Cl-]. The summed E-state index contributed by atoms with van der Waals surface area (Å²) >= 11 is 0. The number of halogens is 1. The quantitative estimate of drug-likeness (QED) is 0.712. The standard InChI is InChI=1S/C15H23NO.ClH/c1-3-13(2)15-6-4-14(5-7-15)12-16-8-10-17-11-9-16;/h4-7,13H,3,8-12H2,1-2H3;1H. The maximum atomic E-state index is 5.38. The summed E-state index contributed by atoms with van der Waals surface area (Å²) in [5, 5.41) is 0. The molecule has 1 atom stereocenters. The number of benzene rings is 1. The van der Waals surface area contributed by atoms with Crippen LogP contribution in [0.15, 0.2) is 24.3 Å². The molecule has 0 aliphatic carbocycles. The van der Waals surface area contributed by atoms with Crippen molar-refractivity contribution in [2.24, 2.45) is 0 Å². The minimum absolute atomic E-state index is 0. The highest BCUT2D eigenvalue weighted by molar-refractivity contribution is 5.24. The van der Waals surface area contributed by atoms with Gasteiger partial charge in [0.15, 0.2) is 0 Å². The van der Waals surface area contributed by atoms with Crippen LogP contribution in [0.5, 0.6) is 0 Å². The highest BCUT2D eigenvalue weighted by Gasteiger charge is 2.14. The zero-order chi connectivity index (χ0) is 12.1. The summed E-state index contributed by atoms with van der Waals surface area (Å²) in [6.45, 7) is 9.81. The Balaban J connectivity index is 0.00000162. The van der Waals surface area contributed by atoms with Gasteiger partial charge in [-0.3, -0.25) is 0 Å². The second-order valence-electron chi connectivity index (χ2n) is 5.09.